The number of rotatable bonds is 2. The molecule has 4 rings (SSSR count). The smallest absolute Gasteiger partial charge is 0.241 e. The van der Waals surface area contributed by atoms with E-state index >= 15 is 0 Å². The van der Waals surface area contributed by atoms with Gasteiger partial charge >= 0.3 is 0 Å². The average molecular weight is 348 g/mol. The summed E-state index contributed by atoms with van der Waals surface area (Å²) in [5.41, 5.74) is 0.817. The van der Waals surface area contributed by atoms with Gasteiger partial charge in [-0.15, -0.1) is 0 Å². The van der Waals surface area contributed by atoms with Gasteiger partial charge in [0, 0.05) is 17.8 Å². The minimum absolute atomic E-state index is 0.0325. The second kappa shape index (κ2) is 6.15. The summed E-state index contributed by atoms with van der Waals surface area (Å²) in [6.07, 6.45) is 5.79. The Bertz CT molecular complexity index is 713. The van der Waals surface area contributed by atoms with E-state index in [2.05, 4.69) is 4.90 Å². The largest absolute Gasteiger partial charge is 0.306 e. The monoisotopic (exact) mass is 348 g/mol. The van der Waals surface area contributed by atoms with Crippen LogP contribution in [0.3, 0.4) is 0 Å². The molecule has 130 valence electrons. The van der Waals surface area contributed by atoms with Crippen LogP contribution >= 0.6 is 0 Å². The lowest BCUT2D eigenvalue weighted by atomic mass is 9.91. The van der Waals surface area contributed by atoms with E-state index in [1.54, 1.807) is 4.90 Å². The summed E-state index contributed by atoms with van der Waals surface area (Å²) in [7, 11) is -3.10. The van der Waals surface area contributed by atoms with Gasteiger partial charge in [0.15, 0.2) is 9.84 Å². The van der Waals surface area contributed by atoms with E-state index in [0.717, 1.165) is 18.5 Å². The maximum Gasteiger partial charge on any atom is 0.241 e. The van der Waals surface area contributed by atoms with Gasteiger partial charge in [-0.3, -0.25) is 9.69 Å². The van der Waals surface area contributed by atoms with E-state index < -0.39 is 9.84 Å². The lowest BCUT2D eigenvalue weighted by molar-refractivity contribution is -0.124. The summed E-state index contributed by atoms with van der Waals surface area (Å²) in [5, 5.41) is 0. The minimum Gasteiger partial charge on any atom is -0.306 e. The lowest BCUT2D eigenvalue weighted by Gasteiger charge is -2.47. The number of nitrogens with zero attached hydrogens (tertiary/aromatic N) is 2. The van der Waals surface area contributed by atoms with Crippen LogP contribution in [0.5, 0.6) is 0 Å². The van der Waals surface area contributed by atoms with Crippen LogP contribution in [0.25, 0.3) is 0 Å². The zero-order valence-electron chi connectivity index (χ0n) is 13.8. The van der Waals surface area contributed by atoms with Gasteiger partial charge in [0.2, 0.25) is 5.91 Å². The van der Waals surface area contributed by atoms with Crippen molar-refractivity contribution < 1.29 is 13.2 Å². The van der Waals surface area contributed by atoms with Gasteiger partial charge in [-0.2, -0.15) is 0 Å². The summed E-state index contributed by atoms with van der Waals surface area (Å²) in [4.78, 5) is 16.9. The van der Waals surface area contributed by atoms with Crippen molar-refractivity contribution >= 4 is 21.4 Å². The standard InChI is InChI=1S/C18H24N2O3S/c21-18-11-19(14-7-3-1-4-8-14)16-12-24(22,23)13-17(16)20(18)15-9-5-2-6-10-15/h2,5-6,9-10,14,16-17H,1,3-4,7-8,11-13H2. The van der Waals surface area contributed by atoms with Crippen molar-refractivity contribution in [1.82, 2.24) is 4.90 Å². The minimum atomic E-state index is -3.10. The molecule has 2 aliphatic heterocycles. The molecule has 1 aromatic rings. The van der Waals surface area contributed by atoms with Crippen LogP contribution in [0.1, 0.15) is 32.1 Å². The molecule has 1 amide bonds. The SMILES string of the molecule is O=C1CN(C2CCCCC2)C2CS(=O)(=O)CC2N1c1ccccc1. The van der Waals surface area contributed by atoms with Crippen LogP contribution in [-0.2, 0) is 14.6 Å². The summed E-state index contributed by atoms with van der Waals surface area (Å²) < 4.78 is 24.7. The molecular weight excluding hydrogens is 324 g/mol. The molecule has 0 aromatic heterocycles. The first kappa shape index (κ1) is 16.1. The Labute approximate surface area is 143 Å². The number of sulfone groups is 1. The Kier molecular flexibility index (Phi) is 4.12. The number of carbonyl (C=O) groups is 1. The normalized spacial score (nSPS) is 31.2. The number of fused-ring (bicyclic) bond motifs is 1. The van der Waals surface area contributed by atoms with Gasteiger partial charge in [-0.05, 0) is 25.0 Å². The van der Waals surface area contributed by atoms with Crippen LogP contribution in [0, 0.1) is 0 Å². The lowest BCUT2D eigenvalue weighted by Crippen LogP contribution is -2.64. The zero-order chi connectivity index (χ0) is 16.7. The molecule has 0 spiro atoms. The van der Waals surface area contributed by atoms with E-state index in [4.69, 9.17) is 0 Å². The fourth-order valence-corrected chi connectivity index (χ4v) is 6.61. The van der Waals surface area contributed by atoms with Gasteiger partial charge in [0.25, 0.3) is 0 Å². The third-order valence-corrected chi connectivity index (χ3v) is 7.41. The Morgan fingerprint density at radius 1 is 0.917 bits per heavy atom. The van der Waals surface area contributed by atoms with Crippen molar-refractivity contribution in [2.24, 2.45) is 0 Å². The Morgan fingerprint density at radius 2 is 1.58 bits per heavy atom. The molecule has 0 radical (unpaired) electrons. The van der Waals surface area contributed by atoms with Gasteiger partial charge < -0.3 is 4.90 Å². The number of para-hydroxylation sites is 1. The number of anilines is 1. The molecule has 24 heavy (non-hydrogen) atoms. The van der Waals surface area contributed by atoms with Gasteiger partial charge in [0.05, 0.1) is 24.1 Å². The van der Waals surface area contributed by atoms with Crippen molar-refractivity contribution in [3.05, 3.63) is 30.3 Å². The van der Waals surface area contributed by atoms with Crippen molar-refractivity contribution in [3.8, 4) is 0 Å². The van der Waals surface area contributed by atoms with Crippen molar-refractivity contribution in [1.29, 1.82) is 0 Å². The van der Waals surface area contributed by atoms with Gasteiger partial charge in [-0.1, -0.05) is 37.5 Å². The molecule has 2 unspecified atom stereocenters. The molecule has 5 nitrogen and oxygen atoms in total. The topological polar surface area (TPSA) is 57.7 Å². The molecule has 0 bridgehead atoms. The molecule has 1 aliphatic carbocycles. The first-order chi connectivity index (χ1) is 11.6. The fraction of sp³-hybridized carbons (Fsp3) is 0.611. The second-order valence-corrected chi connectivity index (χ2v) is 9.43. The van der Waals surface area contributed by atoms with Crippen LogP contribution in [0.2, 0.25) is 0 Å². The maximum atomic E-state index is 12.9. The summed E-state index contributed by atoms with van der Waals surface area (Å²) in [6.45, 7) is 0.343. The van der Waals surface area contributed by atoms with E-state index in [9.17, 15) is 13.2 Å². The van der Waals surface area contributed by atoms with Crippen LogP contribution in [0.4, 0.5) is 5.69 Å². The van der Waals surface area contributed by atoms with E-state index in [-0.39, 0.29) is 29.5 Å². The molecule has 2 heterocycles. The van der Waals surface area contributed by atoms with E-state index in [1.807, 2.05) is 30.3 Å². The van der Waals surface area contributed by atoms with E-state index in [0.29, 0.717) is 12.6 Å². The average Bonchev–Trinajstić information content (AvgIpc) is 2.90. The first-order valence-electron chi connectivity index (χ1n) is 8.88. The highest BCUT2D eigenvalue weighted by atomic mass is 32.2. The highest BCUT2D eigenvalue weighted by molar-refractivity contribution is 7.91. The number of piperazine rings is 1. The number of amides is 1. The molecular formula is C18H24N2O3S. The molecule has 1 saturated carbocycles. The van der Waals surface area contributed by atoms with Gasteiger partial charge in [0.1, 0.15) is 0 Å². The van der Waals surface area contributed by atoms with Crippen molar-refractivity contribution in [2.75, 3.05) is 23.0 Å². The summed E-state index contributed by atoms with van der Waals surface area (Å²) in [6, 6.07) is 9.56. The second-order valence-electron chi connectivity index (χ2n) is 7.28. The third-order valence-electron chi connectivity index (χ3n) is 5.72. The molecule has 6 heteroatoms. The number of carbonyl (C=O) groups excluding carboxylic acids is 1. The number of benzene rings is 1. The summed E-state index contributed by atoms with van der Waals surface area (Å²) >= 11 is 0. The quantitative estimate of drug-likeness (QED) is 0.818. The van der Waals surface area contributed by atoms with E-state index in [1.165, 1.54) is 19.3 Å². The van der Waals surface area contributed by atoms with Crippen molar-refractivity contribution in [2.45, 2.75) is 50.2 Å². The number of hydrogen-bond acceptors (Lipinski definition) is 4. The predicted octanol–water partition coefficient (Wildman–Crippen LogP) is 1.83. The number of hydrogen-bond donors (Lipinski definition) is 0. The highest BCUT2D eigenvalue weighted by Crippen LogP contribution is 2.35. The van der Waals surface area contributed by atoms with Gasteiger partial charge in [-0.25, -0.2) is 8.42 Å². The predicted molar refractivity (Wildman–Crippen MR) is 93.7 cm³/mol. The third kappa shape index (κ3) is 2.86. The summed E-state index contributed by atoms with van der Waals surface area (Å²) in [5.74, 6) is 0.303. The first-order valence-corrected chi connectivity index (χ1v) is 10.7. The Morgan fingerprint density at radius 3 is 2.29 bits per heavy atom. The molecule has 1 aromatic carbocycles. The molecule has 2 saturated heterocycles. The fourth-order valence-electron chi connectivity index (χ4n) is 4.65. The highest BCUT2D eigenvalue weighted by Gasteiger charge is 2.51. The Hall–Kier alpha value is -1.40. The molecule has 3 fully saturated rings. The zero-order valence-corrected chi connectivity index (χ0v) is 14.6. The van der Waals surface area contributed by atoms with Crippen molar-refractivity contribution in [3.63, 3.8) is 0 Å². The molecule has 3 aliphatic rings. The molecule has 2 atom stereocenters. The van der Waals surface area contributed by atoms with Crippen LogP contribution in [-0.4, -0.2) is 55.4 Å². The van der Waals surface area contributed by atoms with Crippen LogP contribution in [0.15, 0.2) is 30.3 Å². The van der Waals surface area contributed by atoms with Crippen LogP contribution < -0.4 is 4.90 Å². The maximum absolute atomic E-state index is 12.9. The Balaban J connectivity index is 1.68. The molecule has 0 N–H and O–H groups in total.